The Bertz CT molecular complexity index is 635. The number of carbonyl (C=O) groups is 1. The van der Waals surface area contributed by atoms with Gasteiger partial charge in [-0.05, 0) is 23.6 Å². The average Bonchev–Trinajstić information content (AvgIpc) is 3.10. The van der Waals surface area contributed by atoms with Gasteiger partial charge in [-0.1, -0.05) is 48.5 Å². The second kappa shape index (κ2) is 3.22. The van der Waals surface area contributed by atoms with Gasteiger partial charge in [0.05, 0.1) is 5.41 Å². The van der Waals surface area contributed by atoms with Crippen LogP contribution < -0.4 is 5.32 Å². The number of para-hydroxylation sites is 1. The summed E-state index contributed by atoms with van der Waals surface area (Å²) in [5.41, 5.74) is 3.13. The number of hydrogen-bond donors (Lipinski definition) is 1. The number of anilines is 1. The summed E-state index contributed by atoms with van der Waals surface area (Å²) in [4.78, 5) is 12.3. The first-order valence-electron chi connectivity index (χ1n) is 6.28. The molecular weight excluding hydrogens is 222 g/mol. The minimum Gasteiger partial charge on any atom is -0.325 e. The fraction of sp³-hybridized carbons (Fsp3) is 0.188. The van der Waals surface area contributed by atoms with E-state index in [-0.39, 0.29) is 11.3 Å². The molecule has 2 nitrogen and oxygen atoms in total. The Kier molecular flexibility index (Phi) is 1.77. The van der Waals surface area contributed by atoms with E-state index in [1.165, 1.54) is 11.1 Å². The lowest BCUT2D eigenvalue weighted by molar-refractivity contribution is -0.118. The summed E-state index contributed by atoms with van der Waals surface area (Å²) in [6.45, 7) is 0. The van der Waals surface area contributed by atoms with Crippen LogP contribution in [-0.4, -0.2) is 5.91 Å². The Morgan fingerprint density at radius 3 is 2.56 bits per heavy atom. The predicted molar refractivity (Wildman–Crippen MR) is 70.5 cm³/mol. The molecule has 1 aliphatic heterocycles. The van der Waals surface area contributed by atoms with Gasteiger partial charge in [0, 0.05) is 11.6 Å². The van der Waals surface area contributed by atoms with Gasteiger partial charge in [-0.2, -0.15) is 0 Å². The van der Waals surface area contributed by atoms with Crippen molar-refractivity contribution in [1.29, 1.82) is 0 Å². The molecule has 0 radical (unpaired) electrons. The first-order valence-corrected chi connectivity index (χ1v) is 6.28. The highest BCUT2D eigenvalue weighted by Crippen LogP contribution is 2.64. The third-order valence-corrected chi connectivity index (χ3v) is 4.22. The summed E-state index contributed by atoms with van der Waals surface area (Å²) in [6.07, 6.45) is 0.930. The molecule has 1 N–H and O–H groups in total. The van der Waals surface area contributed by atoms with Crippen LogP contribution in [0.2, 0.25) is 0 Å². The fourth-order valence-electron chi connectivity index (χ4n) is 3.24. The Labute approximate surface area is 106 Å². The van der Waals surface area contributed by atoms with Crippen LogP contribution >= 0.6 is 0 Å². The lowest BCUT2D eigenvalue weighted by Gasteiger charge is -2.08. The minimum absolute atomic E-state index is 0.164. The zero-order valence-corrected chi connectivity index (χ0v) is 9.89. The van der Waals surface area contributed by atoms with Gasteiger partial charge in [0.15, 0.2) is 0 Å². The first-order chi connectivity index (χ1) is 8.82. The van der Waals surface area contributed by atoms with Crippen LogP contribution in [0.5, 0.6) is 0 Å². The van der Waals surface area contributed by atoms with Gasteiger partial charge < -0.3 is 5.32 Å². The Hall–Kier alpha value is -2.09. The van der Waals surface area contributed by atoms with E-state index in [1.807, 2.05) is 36.4 Å². The average molecular weight is 235 g/mol. The third kappa shape index (κ3) is 1.10. The molecule has 1 amide bonds. The van der Waals surface area contributed by atoms with E-state index in [0.29, 0.717) is 5.92 Å². The van der Waals surface area contributed by atoms with Crippen LogP contribution in [0.15, 0.2) is 54.6 Å². The van der Waals surface area contributed by atoms with Crippen molar-refractivity contribution in [3.8, 4) is 0 Å². The van der Waals surface area contributed by atoms with E-state index in [9.17, 15) is 4.79 Å². The maximum absolute atomic E-state index is 12.3. The summed E-state index contributed by atoms with van der Waals surface area (Å²) in [5, 5.41) is 3.01. The van der Waals surface area contributed by atoms with Gasteiger partial charge in [-0.15, -0.1) is 0 Å². The summed E-state index contributed by atoms with van der Waals surface area (Å²) >= 11 is 0. The topological polar surface area (TPSA) is 29.1 Å². The van der Waals surface area contributed by atoms with Crippen LogP contribution in [0.25, 0.3) is 0 Å². The number of hydrogen-bond acceptors (Lipinski definition) is 1. The van der Waals surface area contributed by atoms with Crippen molar-refractivity contribution in [2.24, 2.45) is 0 Å². The first kappa shape index (κ1) is 9.89. The van der Waals surface area contributed by atoms with Crippen LogP contribution in [0.1, 0.15) is 23.5 Å². The number of nitrogens with one attached hydrogen (secondary N) is 1. The smallest absolute Gasteiger partial charge is 0.235 e. The van der Waals surface area contributed by atoms with Crippen LogP contribution in [0, 0.1) is 0 Å². The van der Waals surface area contributed by atoms with E-state index >= 15 is 0 Å². The lowest BCUT2D eigenvalue weighted by atomic mass is 9.92. The van der Waals surface area contributed by atoms with E-state index in [4.69, 9.17) is 0 Å². The number of fused-ring (bicyclic) bond motifs is 2. The highest BCUT2D eigenvalue weighted by Gasteiger charge is 2.64. The molecule has 18 heavy (non-hydrogen) atoms. The molecule has 1 aliphatic carbocycles. The van der Waals surface area contributed by atoms with Crippen molar-refractivity contribution in [2.75, 3.05) is 5.32 Å². The second-order valence-corrected chi connectivity index (χ2v) is 5.14. The van der Waals surface area contributed by atoms with Gasteiger partial charge in [0.2, 0.25) is 5.91 Å². The molecule has 1 saturated carbocycles. The Morgan fingerprint density at radius 2 is 1.72 bits per heavy atom. The largest absolute Gasteiger partial charge is 0.325 e. The number of rotatable bonds is 1. The zero-order chi connectivity index (χ0) is 12.2. The van der Waals surface area contributed by atoms with Crippen molar-refractivity contribution < 1.29 is 4.79 Å². The molecule has 0 aromatic heterocycles. The predicted octanol–water partition coefficient (Wildman–Crippen LogP) is 3.06. The quantitative estimate of drug-likeness (QED) is 0.808. The van der Waals surface area contributed by atoms with Crippen molar-refractivity contribution in [3.05, 3.63) is 65.7 Å². The van der Waals surface area contributed by atoms with Gasteiger partial charge in [0.1, 0.15) is 0 Å². The minimum atomic E-state index is -0.294. The van der Waals surface area contributed by atoms with Crippen LogP contribution in [0.3, 0.4) is 0 Å². The number of carbonyl (C=O) groups excluding carboxylic acids is 1. The highest BCUT2D eigenvalue weighted by molar-refractivity contribution is 6.09. The van der Waals surface area contributed by atoms with E-state index in [0.717, 1.165) is 12.1 Å². The maximum Gasteiger partial charge on any atom is 0.235 e. The molecule has 4 rings (SSSR count). The van der Waals surface area contributed by atoms with Crippen molar-refractivity contribution in [1.82, 2.24) is 0 Å². The summed E-state index contributed by atoms with van der Waals surface area (Å²) in [5.74, 6) is 0.500. The molecule has 0 saturated heterocycles. The number of benzene rings is 2. The maximum atomic E-state index is 12.3. The standard InChI is InChI=1S/C16H13NO/c18-15-16(12-8-4-5-9-14(12)17-15)10-13(16)11-6-2-1-3-7-11/h1-9,13H,10H2,(H,17,18)/t13-,16-/m1/s1. The molecule has 0 bridgehead atoms. The molecule has 2 aromatic rings. The Balaban J connectivity index is 1.81. The van der Waals surface area contributed by atoms with Crippen molar-refractivity contribution in [2.45, 2.75) is 17.8 Å². The molecule has 0 unspecified atom stereocenters. The lowest BCUT2D eigenvalue weighted by Crippen LogP contribution is -2.20. The normalized spacial score (nSPS) is 28.0. The Morgan fingerprint density at radius 1 is 1.00 bits per heavy atom. The third-order valence-electron chi connectivity index (χ3n) is 4.22. The zero-order valence-electron chi connectivity index (χ0n) is 9.89. The van der Waals surface area contributed by atoms with E-state index in [2.05, 4.69) is 23.5 Å². The highest BCUT2D eigenvalue weighted by atomic mass is 16.2. The number of amides is 1. The van der Waals surface area contributed by atoms with Gasteiger partial charge in [-0.25, -0.2) is 0 Å². The molecule has 2 aromatic carbocycles. The van der Waals surface area contributed by atoms with Gasteiger partial charge in [-0.3, -0.25) is 4.79 Å². The van der Waals surface area contributed by atoms with Crippen molar-refractivity contribution in [3.63, 3.8) is 0 Å². The van der Waals surface area contributed by atoms with Crippen LogP contribution in [-0.2, 0) is 10.2 Å². The monoisotopic (exact) mass is 235 g/mol. The molecule has 2 atom stereocenters. The molecule has 2 aliphatic rings. The molecule has 1 heterocycles. The fourth-order valence-corrected chi connectivity index (χ4v) is 3.24. The summed E-state index contributed by atoms with van der Waals surface area (Å²) in [7, 11) is 0. The van der Waals surface area contributed by atoms with Crippen molar-refractivity contribution >= 4 is 11.6 Å². The molecule has 88 valence electrons. The molecule has 1 fully saturated rings. The molecule has 1 spiro atoms. The summed E-state index contributed by atoms with van der Waals surface area (Å²) < 4.78 is 0. The van der Waals surface area contributed by atoms with Gasteiger partial charge >= 0.3 is 0 Å². The van der Waals surface area contributed by atoms with Gasteiger partial charge in [0.25, 0.3) is 0 Å². The van der Waals surface area contributed by atoms with E-state index in [1.54, 1.807) is 0 Å². The second-order valence-electron chi connectivity index (χ2n) is 5.14. The molecular formula is C16H13NO. The summed E-state index contributed by atoms with van der Waals surface area (Å²) in [6, 6.07) is 18.4. The van der Waals surface area contributed by atoms with E-state index < -0.39 is 0 Å². The molecule has 2 heteroatoms. The van der Waals surface area contributed by atoms with Crippen LogP contribution in [0.4, 0.5) is 5.69 Å². The SMILES string of the molecule is O=C1Nc2ccccc2[C@@]12C[C@@H]2c1ccccc1.